The van der Waals surface area contributed by atoms with Crippen molar-refractivity contribution in [3.8, 4) is 0 Å². The van der Waals surface area contributed by atoms with Crippen LogP contribution in [-0.2, 0) is 20.9 Å². The van der Waals surface area contributed by atoms with E-state index in [1.165, 1.54) is 4.90 Å². The predicted octanol–water partition coefficient (Wildman–Crippen LogP) is 0.724. The van der Waals surface area contributed by atoms with Gasteiger partial charge >= 0.3 is 11.8 Å². The molecule has 0 aliphatic carbocycles. The van der Waals surface area contributed by atoms with Crippen LogP contribution in [0.4, 0.5) is 0 Å². The Balaban J connectivity index is 2.03. The fourth-order valence-corrected chi connectivity index (χ4v) is 2.56. The van der Waals surface area contributed by atoms with Crippen LogP contribution < -0.4 is 0 Å². The molecular formula is C17H23N3O3. The molecule has 0 bridgehead atoms. The lowest BCUT2D eigenvalue weighted by atomic mass is 10.2. The summed E-state index contributed by atoms with van der Waals surface area (Å²) >= 11 is 0. The van der Waals surface area contributed by atoms with E-state index in [1.54, 1.807) is 9.80 Å². The highest BCUT2D eigenvalue weighted by atomic mass is 16.2. The zero-order valence-corrected chi connectivity index (χ0v) is 13.6. The highest BCUT2D eigenvalue weighted by Crippen LogP contribution is 2.11. The van der Waals surface area contributed by atoms with E-state index in [0.29, 0.717) is 32.7 Å². The molecule has 0 N–H and O–H groups in total. The number of nitrogens with zero attached hydrogens (tertiary/aromatic N) is 3. The van der Waals surface area contributed by atoms with Crippen LogP contribution in [0.3, 0.4) is 0 Å². The standard InChI is InChI=1S/C17H23N3O3/c1-14(2)20(12-15-6-4-3-5-7-15)17(23)16(22)19-10-8-18(13-21)9-11-19/h3-7,13-14H,8-12H2,1-2H3. The summed E-state index contributed by atoms with van der Waals surface area (Å²) in [5, 5.41) is 0. The number of carbonyl (C=O) groups excluding carboxylic acids is 3. The van der Waals surface area contributed by atoms with Gasteiger partial charge in [0.05, 0.1) is 0 Å². The molecule has 124 valence electrons. The summed E-state index contributed by atoms with van der Waals surface area (Å²) < 4.78 is 0. The number of hydrogen-bond acceptors (Lipinski definition) is 3. The summed E-state index contributed by atoms with van der Waals surface area (Å²) in [5.41, 5.74) is 0.994. The molecule has 0 radical (unpaired) electrons. The van der Waals surface area contributed by atoms with Gasteiger partial charge in [-0.15, -0.1) is 0 Å². The van der Waals surface area contributed by atoms with Crippen molar-refractivity contribution in [2.45, 2.75) is 26.4 Å². The van der Waals surface area contributed by atoms with Gasteiger partial charge in [0.25, 0.3) is 0 Å². The molecule has 0 unspecified atom stereocenters. The lowest BCUT2D eigenvalue weighted by Gasteiger charge is -2.34. The Morgan fingerprint density at radius 1 is 1.13 bits per heavy atom. The molecule has 23 heavy (non-hydrogen) atoms. The maximum atomic E-state index is 12.6. The second-order valence-electron chi connectivity index (χ2n) is 5.95. The Kier molecular flexibility index (Phi) is 5.73. The average Bonchev–Trinajstić information content (AvgIpc) is 2.59. The Morgan fingerprint density at radius 2 is 1.74 bits per heavy atom. The van der Waals surface area contributed by atoms with Gasteiger partial charge in [0.2, 0.25) is 6.41 Å². The lowest BCUT2D eigenvalue weighted by Crippen LogP contribution is -2.53. The second-order valence-corrected chi connectivity index (χ2v) is 5.95. The first-order valence-corrected chi connectivity index (χ1v) is 7.86. The normalized spacial score (nSPS) is 14.7. The van der Waals surface area contributed by atoms with Crippen LogP contribution in [0.15, 0.2) is 30.3 Å². The number of amides is 3. The van der Waals surface area contributed by atoms with E-state index in [4.69, 9.17) is 0 Å². The van der Waals surface area contributed by atoms with Crippen LogP contribution in [0.1, 0.15) is 19.4 Å². The van der Waals surface area contributed by atoms with Crippen LogP contribution >= 0.6 is 0 Å². The van der Waals surface area contributed by atoms with Crippen molar-refractivity contribution in [2.24, 2.45) is 0 Å². The third-order valence-corrected chi connectivity index (χ3v) is 4.01. The Hall–Kier alpha value is -2.37. The predicted molar refractivity (Wildman–Crippen MR) is 86.3 cm³/mol. The van der Waals surface area contributed by atoms with E-state index in [9.17, 15) is 14.4 Å². The molecular weight excluding hydrogens is 294 g/mol. The fraction of sp³-hybridized carbons (Fsp3) is 0.471. The lowest BCUT2D eigenvalue weighted by molar-refractivity contribution is -0.154. The fourth-order valence-electron chi connectivity index (χ4n) is 2.56. The summed E-state index contributed by atoms with van der Waals surface area (Å²) in [5.74, 6) is -0.969. The molecule has 6 nitrogen and oxygen atoms in total. The van der Waals surface area contributed by atoms with Crippen molar-refractivity contribution in [3.63, 3.8) is 0 Å². The Morgan fingerprint density at radius 3 is 2.26 bits per heavy atom. The third-order valence-electron chi connectivity index (χ3n) is 4.01. The first kappa shape index (κ1) is 17.0. The van der Waals surface area contributed by atoms with Crippen LogP contribution in [0, 0.1) is 0 Å². The smallest absolute Gasteiger partial charge is 0.312 e. The molecule has 1 fully saturated rings. The van der Waals surface area contributed by atoms with Gasteiger partial charge in [-0.3, -0.25) is 14.4 Å². The zero-order valence-electron chi connectivity index (χ0n) is 13.6. The van der Waals surface area contributed by atoms with Crippen molar-refractivity contribution in [3.05, 3.63) is 35.9 Å². The monoisotopic (exact) mass is 317 g/mol. The third kappa shape index (κ3) is 4.31. The van der Waals surface area contributed by atoms with Gasteiger partial charge in [-0.25, -0.2) is 0 Å². The number of benzene rings is 1. The van der Waals surface area contributed by atoms with Crippen molar-refractivity contribution < 1.29 is 14.4 Å². The topological polar surface area (TPSA) is 60.9 Å². The van der Waals surface area contributed by atoms with Gasteiger partial charge in [-0.2, -0.15) is 0 Å². The van der Waals surface area contributed by atoms with E-state index < -0.39 is 11.8 Å². The van der Waals surface area contributed by atoms with Gasteiger partial charge < -0.3 is 14.7 Å². The molecule has 1 aromatic carbocycles. The minimum absolute atomic E-state index is 0.0667. The van der Waals surface area contributed by atoms with E-state index >= 15 is 0 Å². The van der Waals surface area contributed by atoms with Crippen molar-refractivity contribution >= 4 is 18.2 Å². The van der Waals surface area contributed by atoms with E-state index in [-0.39, 0.29) is 6.04 Å². The quantitative estimate of drug-likeness (QED) is 0.607. The first-order chi connectivity index (χ1) is 11.0. The molecule has 1 aliphatic rings. The molecule has 2 rings (SSSR count). The number of rotatable bonds is 4. The SMILES string of the molecule is CC(C)N(Cc1ccccc1)C(=O)C(=O)N1CCN(C=O)CC1. The maximum Gasteiger partial charge on any atom is 0.312 e. The minimum atomic E-state index is -0.486. The van der Waals surface area contributed by atoms with Crippen LogP contribution in [0.25, 0.3) is 0 Å². The van der Waals surface area contributed by atoms with E-state index in [1.807, 2.05) is 44.2 Å². The molecule has 0 spiro atoms. The molecule has 0 aromatic heterocycles. The van der Waals surface area contributed by atoms with Crippen LogP contribution in [0.2, 0.25) is 0 Å². The Bertz CT molecular complexity index is 551. The van der Waals surface area contributed by atoms with E-state index in [0.717, 1.165) is 12.0 Å². The summed E-state index contributed by atoms with van der Waals surface area (Å²) in [6.45, 7) is 5.97. The van der Waals surface area contributed by atoms with Gasteiger partial charge in [0.1, 0.15) is 0 Å². The van der Waals surface area contributed by atoms with E-state index in [2.05, 4.69) is 0 Å². The van der Waals surface area contributed by atoms with Crippen molar-refractivity contribution in [1.82, 2.24) is 14.7 Å². The van der Waals surface area contributed by atoms with Gasteiger partial charge in [0, 0.05) is 38.8 Å². The molecule has 1 heterocycles. The van der Waals surface area contributed by atoms with Gasteiger partial charge in [-0.05, 0) is 19.4 Å². The number of piperazine rings is 1. The summed E-state index contributed by atoms with van der Waals surface area (Å²) in [6, 6.07) is 9.56. The number of carbonyl (C=O) groups is 3. The first-order valence-electron chi connectivity index (χ1n) is 7.86. The summed E-state index contributed by atoms with van der Waals surface area (Å²) in [7, 11) is 0. The molecule has 1 saturated heterocycles. The molecule has 0 saturated carbocycles. The maximum absolute atomic E-state index is 12.6. The molecule has 3 amide bonds. The van der Waals surface area contributed by atoms with Crippen LogP contribution in [0.5, 0.6) is 0 Å². The van der Waals surface area contributed by atoms with Crippen molar-refractivity contribution in [1.29, 1.82) is 0 Å². The van der Waals surface area contributed by atoms with Crippen molar-refractivity contribution in [2.75, 3.05) is 26.2 Å². The Labute approximate surface area is 136 Å². The largest absolute Gasteiger partial charge is 0.342 e. The highest BCUT2D eigenvalue weighted by molar-refractivity contribution is 6.35. The van der Waals surface area contributed by atoms with Gasteiger partial charge in [0.15, 0.2) is 0 Å². The summed E-state index contributed by atoms with van der Waals surface area (Å²) in [4.78, 5) is 40.5. The highest BCUT2D eigenvalue weighted by Gasteiger charge is 2.30. The second kappa shape index (κ2) is 7.76. The molecule has 0 atom stereocenters. The zero-order chi connectivity index (χ0) is 16.8. The summed E-state index contributed by atoms with van der Waals surface area (Å²) in [6.07, 6.45) is 0.777. The molecule has 6 heteroatoms. The molecule has 1 aliphatic heterocycles. The number of hydrogen-bond donors (Lipinski definition) is 0. The van der Waals surface area contributed by atoms with Gasteiger partial charge in [-0.1, -0.05) is 30.3 Å². The average molecular weight is 317 g/mol. The molecule has 1 aromatic rings. The minimum Gasteiger partial charge on any atom is -0.342 e. The van der Waals surface area contributed by atoms with Crippen LogP contribution in [-0.4, -0.2) is 65.1 Å².